The highest BCUT2D eigenvalue weighted by atomic mass is 16.5. The molecule has 0 heterocycles. The molecule has 4 heteroatoms. The first kappa shape index (κ1) is 15.1. The first-order valence-electron chi connectivity index (χ1n) is 5.74. The second kappa shape index (κ2) is 8.30. The third-order valence-electron chi connectivity index (χ3n) is 2.21. The number of rotatable bonds is 8. The summed E-state index contributed by atoms with van der Waals surface area (Å²) in [6.07, 6.45) is 0.418. The molecule has 0 aliphatic rings. The highest BCUT2D eigenvalue weighted by molar-refractivity contribution is 5.86. The molecule has 0 saturated heterocycles. The number of esters is 1. The van der Waals surface area contributed by atoms with Crippen LogP contribution in [0.5, 0.6) is 0 Å². The second-order valence-electron chi connectivity index (χ2n) is 3.93. The number of carbonyl (C=O) groups excluding carboxylic acids is 1. The Labute approximate surface area is 97.9 Å². The summed E-state index contributed by atoms with van der Waals surface area (Å²) in [6, 6.07) is 0. The van der Waals surface area contributed by atoms with E-state index in [-0.39, 0.29) is 6.61 Å². The standard InChI is InChI=1S/C12H23NO3/c1-5-7-13(6-2)8-11(14)9-16-12(15)10(3)4/h11,14H,3,5-9H2,1-2,4H3. The van der Waals surface area contributed by atoms with Gasteiger partial charge in [-0.1, -0.05) is 20.4 Å². The molecule has 0 radical (unpaired) electrons. The fourth-order valence-electron chi connectivity index (χ4n) is 1.34. The summed E-state index contributed by atoms with van der Waals surface area (Å²) in [7, 11) is 0. The molecule has 0 spiro atoms. The zero-order chi connectivity index (χ0) is 12.6. The molecule has 0 saturated carbocycles. The molecule has 1 N–H and O–H groups in total. The van der Waals surface area contributed by atoms with Gasteiger partial charge in [0.05, 0.1) is 0 Å². The maximum atomic E-state index is 11.1. The minimum atomic E-state index is -0.630. The van der Waals surface area contributed by atoms with E-state index in [1.807, 2.05) is 6.92 Å². The van der Waals surface area contributed by atoms with E-state index < -0.39 is 12.1 Å². The summed E-state index contributed by atoms with van der Waals surface area (Å²) < 4.78 is 4.87. The normalized spacial score (nSPS) is 12.6. The Morgan fingerprint density at radius 1 is 1.50 bits per heavy atom. The predicted octanol–water partition coefficient (Wildman–Crippen LogP) is 1.20. The van der Waals surface area contributed by atoms with Crippen molar-refractivity contribution in [2.24, 2.45) is 0 Å². The first-order valence-corrected chi connectivity index (χ1v) is 5.74. The van der Waals surface area contributed by atoms with E-state index in [1.165, 1.54) is 0 Å². The minimum absolute atomic E-state index is 0.0336. The molecule has 0 fully saturated rings. The van der Waals surface area contributed by atoms with Crippen molar-refractivity contribution in [3.05, 3.63) is 12.2 Å². The lowest BCUT2D eigenvalue weighted by atomic mass is 10.3. The molecule has 1 unspecified atom stereocenters. The Bertz CT molecular complexity index is 228. The third-order valence-corrected chi connectivity index (χ3v) is 2.21. The SMILES string of the molecule is C=C(C)C(=O)OCC(O)CN(CC)CCC. The Balaban J connectivity index is 3.84. The lowest BCUT2D eigenvalue weighted by Crippen LogP contribution is -2.35. The number of ether oxygens (including phenoxy) is 1. The molecular weight excluding hydrogens is 206 g/mol. The Morgan fingerprint density at radius 2 is 2.12 bits per heavy atom. The second-order valence-corrected chi connectivity index (χ2v) is 3.93. The van der Waals surface area contributed by atoms with E-state index in [0.29, 0.717) is 12.1 Å². The van der Waals surface area contributed by atoms with Crippen molar-refractivity contribution in [2.75, 3.05) is 26.2 Å². The molecule has 0 aromatic heterocycles. The number of likely N-dealkylation sites (N-methyl/N-ethyl adjacent to an activating group) is 1. The van der Waals surface area contributed by atoms with Crippen LogP contribution in [0.4, 0.5) is 0 Å². The Kier molecular flexibility index (Phi) is 7.85. The van der Waals surface area contributed by atoms with Gasteiger partial charge in [-0.05, 0) is 26.4 Å². The smallest absolute Gasteiger partial charge is 0.333 e. The van der Waals surface area contributed by atoms with Crippen LogP contribution in [0.1, 0.15) is 27.2 Å². The summed E-state index contributed by atoms with van der Waals surface area (Å²) >= 11 is 0. The lowest BCUT2D eigenvalue weighted by Gasteiger charge is -2.22. The van der Waals surface area contributed by atoms with Crippen LogP contribution >= 0.6 is 0 Å². The topological polar surface area (TPSA) is 49.8 Å². The first-order chi connectivity index (χ1) is 7.51. The lowest BCUT2D eigenvalue weighted by molar-refractivity contribution is -0.142. The summed E-state index contributed by atoms with van der Waals surface area (Å²) in [6.45, 7) is 11.6. The molecular formula is C12H23NO3. The van der Waals surface area contributed by atoms with Gasteiger partial charge in [0.25, 0.3) is 0 Å². The fraction of sp³-hybridized carbons (Fsp3) is 0.750. The largest absolute Gasteiger partial charge is 0.460 e. The number of aliphatic hydroxyl groups is 1. The number of hydrogen-bond acceptors (Lipinski definition) is 4. The molecule has 0 aromatic rings. The van der Waals surface area contributed by atoms with Crippen molar-refractivity contribution < 1.29 is 14.6 Å². The summed E-state index contributed by atoms with van der Waals surface area (Å²) in [5.74, 6) is -0.447. The number of aliphatic hydroxyl groups excluding tert-OH is 1. The minimum Gasteiger partial charge on any atom is -0.460 e. The van der Waals surface area contributed by atoms with Gasteiger partial charge >= 0.3 is 5.97 Å². The van der Waals surface area contributed by atoms with Crippen molar-refractivity contribution in [3.63, 3.8) is 0 Å². The van der Waals surface area contributed by atoms with Gasteiger partial charge in [-0.25, -0.2) is 4.79 Å². The van der Waals surface area contributed by atoms with Gasteiger partial charge in [0.1, 0.15) is 12.7 Å². The van der Waals surface area contributed by atoms with Crippen molar-refractivity contribution in [1.29, 1.82) is 0 Å². The molecule has 0 aliphatic carbocycles. The van der Waals surface area contributed by atoms with Crippen LogP contribution in [0.15, 0.2) is 12.2 Å². The van der Waals surface area contributed by atoms with Gasteiger partial charge in [0.2, 0.25) is 0 Å². The van der Waals surface area contributed by atoms with E-state index in [1.54, 1.807) is 6.92 Å². The average molecular weight is 229 g/mol. The van der Waals surface area contributed by atoms with E-state index in [2.05, 4.69) is 18.4 Å². The third kappa shape index (κ3) is 6.58. The van der Waals surface area contributed by atoms with Crippen molar-refractivity contribution >= 4 is 5.97 Å². The van der Waals surface area contributed by atoms with Crippen LogP contribution in [-0.4, -0.2) is 48.3 Å². The molecule has 1 atom stereocenters. The molecule has 0 rings (SSSR count). The summed E-state index contributed by atoms with van der Waals surface area (Å²) in [4.78, 5) is 13.2. The van der Waals surface area contributed by atoms with Crippen LogP contribution in [-0.2, 0) is 9.53 Å². The van der Waals surface area contributed by atoms with Gasteiger partial charge < -0.3 is 14.7 Å². The quantitative estimate of drug-likeness (QED) is 0.502. The number of carbonyl (C=O) groups is 1. The van der Waals surface area contributed by atoms with E-state index in [9.17, 15) is 9.90 Å². The Morgan fingerprint density at radius 3 is 2.56 bits per heavy atom. The van der Waals surface area contributed by atoms with Crippen LogP contribution < -0.4 is 0 Å². The van der Waals surface area contributed by atoms with Gasteiger partial charge in [0, 0.05) is 12.1 Å². The van der Waals surface area contributed by atoms with Gasteiger partial charge in [-0.3, -0.25) is 0 Å². The van der Waals surface area contributed by atoms with Gasteiger partial charge in [0.15, 0.2) is 0 Å². The summed E-state index contributed by atoms with van der Waals surface area (Å²) in [5, 5.41) is 9.66. The highest BCUT2D eigenvalue weighted by Gasteiger charge is 2.12. The maximum Gasteiger partial charge on any atom is 0.333 e. The van der Waals surface area contributed by atoms with E-state index >= 15 is 0 Å². The number of nitrogens with zero attached hydrogens (tertiary/aromatic N) is 1. The van der Waals surface area contributed by atoms with Gasteiger partial charge in [-0.2, -0.15) is 0 Å². The van der Waals surface area contributed by atoms with Crippen LogP contribution in [0.25, 0.3) is 0 Å². The Hall–Kier alpha value is -0.870. The maximum absolute atomic E-state index is 11.1. The predicted molar refractivity (Wildman–Crippen MR) is 64.2 cm³/mol. The number of hydrogen-bond donors (Lipinski definition) is 1. The zero-order valence-corrected chi connectivity index (χ0v) is 10.5. The van der Waals surface area contributed by atoms with Crippen LogP contribution in [0.3, 0.4) is 0 Å². The molecule has 4 nitrogen and oxygen atoms in total. The molecule has 0 aliphatic heterocycles. The highest BCUT2D eigenvalue weighted by Crippen LogP contribution is 1.98. The summed E-state index contributed by atoms with van der Waals surface area (Å²) in [5.41, 5.74) is 0.355. The van der Waals surface area contributed by atoms with Crippen molar-refractivity contribution in [3.8, 4) is 0 Å². The van der Waals surface area contributed by atoms with Crippen LogP contribution in [0.2, 0.25) is 0 Å². The van der Waals surface area contributed by atoms with E-state index in [0.717, 1.165) is 19.5 Å². The zero-order valence-electron chi connectivity index (χ0n) is 10.5. The molecule has 94 valence electrons. The fourth-order valence-corrected chi connectivity index (χ4v) is 1.34. The monoisotopic (exact) mass is 229 g/mol. The molecule has 0 aromatic carbocycles. The molecule has 0 amide bonds. The van der Waals surface area contributed by atoms with Crippen molar-refractivity contribution in [2.45, 2.75) is 33.3 Å². The van der Waals surface area contributed by atoms with E-state index in [4.69, 9.17) is 4.74 Å². The van der Waals surface area contributed by atoms with Gasteiger partial charge in [-0.15, -0.1) is 0 Å². The van der Waals surface area contributed by atoms with Crippen molar-refractivity contribution in [1.82, 2.24) is 4.90 Å². The molecule has 0 bridgehead atoms. The molecule has 16 heavy (non-hydrogen) atoms. The average Bonchev–Trinajstić information content (AvgIpc) is 2.24. The van der Waals surface area contributed by atoms with Crippen LogP contribution in [0, 0.1) is 0 Å².